The average molecular weight is 314 g/mol. The summed E-state index contributed by atoms with van der Waals surface area (Å²) >= 11 is 0. The number of sulfone groups is 1. The molecular weight excluding hydrogens is 296 g/mol. The van der Waals surface area contributed by atoms with Crippen molar-refractivity contribution in [3.8, 4) is 6.07 Å². The van der Waals surface area contributed by atoms with E-state index in [1.54, 1.807) is 42.5 Å². The van der Waals surface area contributed by atoms with Crippen LogP contribution >= 0.6 is 0 Å². The molecule has 1 N–H and O–H groups in total. The Labute approximate surface area is 131 Å². The standard InChI is InChI=1S/C17H18N2O2S/c18-11-14-10-16(6-7-17(14)13-8-9-19-12-13)22(20,21)15-4-2-1-3-5-15/h1-7,10,13-14,17,19H,8-9,12H2/t13-,14?,17?/m1/s1. The summed E-state index contributed by atoms with van der Waals surface area (Å²) in [6.07, 6.45) is 6.22. The van der Waals surface area contributed by atoms with Crippen molar-refractivity contribution >= 4 is 9.84 Å². The maximum Gasteiger partial charge on any atom is 0.206 e. The molecule has 3 rings (SSSR count). The van der Waals surface area contributed by atoms with Crippen molar-refractivity contribution in [3.63, 3.8) is 0 Å². The summed E-state index contributed by atoms with van der Waals surface area (Å²) in [5.41, 5.74) is 0. The van der Waals surface area contributed by atoms with Crippen LogP contribution in [0.5, 0.6) is 0 Å². The molecule has 5 heteroatoms. The van der Waals surface area contributed by atoms with Gasteiger partial charge in [-0.25, -0.2) is 8.42 Å². The summed E-state index contributed by atoms with van der Waals surface area (Å²) in [5.74, 6) is 0.108. The summed E-state index contributed by atoms with van der Waals surface area (Å²) < 4.78 is 25.3. The van der Waals surface area contributed by atoms with E-state index in [1.165, 1.54) is 0 Å². The lowest BCUT2D eigenvalue weighted by Crippen LogP contribution is -2.25. The minimum absolute atomic E-state index is 0.0923. The summed E-state index contributed by atoms with van der Waals surface area (Å²) in [7, 11) is -3.54. The third-order valence-electron chi connectivity index (χ3n) is 4.40. The third kappa shape index (κ3) is 2.72. The molecule has 0 spiro atoms. The Morgan fingerprint density at radius 1 is 1.23 bits per heavy atom. The van der Waals surface area contributed by atoms with E-state index in [0.717, 1.165) is 19.5 Å². The fourth-order valence-corrected chi connectivity index (χ4v) is 4.53. The smallest absolute Gasteiger partial charge is 0.206 e. The van der Waals surface area contributed by atoms with Crippen LogP contribution in [-0.4, -0.2) is 21.5 Å². The first-order valence-corrected chi connectivity index (χ1v) is 8.92. The summed E-state index contributed by atoms with van der Waals surface area (Å²) in [6, 6.07) is 10.6. The van der Waals surface area contributed by atoms with Crippen molar-refractivity contribution in [3.05, 3.63) is 53.5 Å². The van der Waals surface area contributed by atoms with Crippen LogP contribution in [0, 0.1) is 29.1 Å². The predicted octanol–water partition coefficient (Wildman–Crippen LogP) is 2.28. The quantitative estimate of drug-likeness (QED) is 0.929. The lowest BCUT2D eigenvalue weighted by atomic mass is 9.79. The molecule has 0 aromatic heterocycles. The molecular formula is C17H18N2O2S. The first-order valence-electron chi connectivity index (χ1n) is 7.43. The molecule has 1 saturated heterocycles. The Morgan fingerprint density at radius 3 is 2.64 bits per heavy atom. The molecule has 2 aliphatic rings. The van der Waals surface area contributed by atoms with Gasteiger partial charge in [0.25, 0.3) is 0 Å². The second kappa shape index (κ2) is 6.07. The summed E-state index contributed by atoms with van der Waals surface area (Å²) in [6.45, 7) is 1.85. The number of nitrogens with one attached hydrogen (secondary N) is 1. The van der Waals surface area contributed by atoms with Gasteiger partial charge < -0.3 is 5.32 Å². The second-order valence-electron chi connectivity index (χ2n) is 5.73. The molecule has 1 aliphatic heterocycles. The second-order valence-corrected chi connectivity index (χ2v) is 7.68. The van der Waals surface area contributed by atoms with Crippen molar-refractivity contribution in [2.75, 3.05) is 13.1 Å². The van der Waals surface area contributed by atoms with Crippen LogP contribution in [0.4, 0.5) is 0 Å². The number of benzene rings is 1. The molecule has 1 fully saturated rings. The molecule has 3 atom stereocenters. The fourth-order valence-electron chi connectivity index (χ4n) is 3.16. The summed E-state index contributed by atoms with van der Waals surface area (Å²) in [5, 5.41) is 12.7. The Balaban J connectivity index is 1.91. The lowest BCUT2D eigenvalue weighted by molar-refractivity contribution is 0.381. The highest BCUT2D eigenvalue weighted by atomic mass is 32.2. The number of nitriles is 1. The van der Waals surface area contributed by atoms with E-state index in [4.69, 9.17) is 0 Å². The van der Waals surface area contributed by atoms with Crippen LogP contribution in [0.2, 0.25) is 0 Å². The Bertz CT molecular complexity index is 739. The first-order chi connectivity index (χ1) is 10.6. The number of rotatable bonds is 3. The van der Waals surface area contributed by atoms with Crippen LogP contribution in [0.15, 0.2) is 58.4 Å². The monoisotopic (exact) mass is 314 g/mol. The molecule has 2 unspecified atom stereocenters. The molecule has 114 valence electrons. The zero-order chi connectivity index (χ0) is 15.6. The van der Waals surface area contributed by atoms with E-state index in [-0.39, 0.29) is 21.6 Å². The molecule has 22 heavy (non-hydrogen) atoms. The van der Waals surface area contributed by atoms with Gasteiger partial charge in [0.2, 0.25) is 9.84 Å². The Morgan fingerprint density at radius 2 is 2.00 bits per heavy atom. The normalized spacial score (nSPS) is 28.1. The minimum Gasteiger partial charge on any atom is -0.316 e. The van der Waals surface area contributed by atoms with Gasteiger partial charge in [0.15, 0.2) is 0 Å². The topological polar surface area (TPSA) is 70.0 Å². The van der Waals surface area contributed by atoms with Crippen LogP contribution in [0.1, 0.15) is 6.42 Å². The van der Waals surface area contributed by atoms with Gasteiger partial charge in [0.1, 0.15) is 0 Å². The van der Waals surface area contributed by atoms with Gasteiger partial charge in [-0.15, -0.1) is 0 Å². The van der Waals surface area contributed by atoms with Crippen LogP contribution in [0.25, 0.3) is 0 Å². The molecule has 4 nitrogen and oxygen atoms in total. The fraction of sp³-hybridized carbons (Fsp3) is 0.353. The molecule has 1 aromatic rings. The Kier molecular flexibility index (Phi) is 4.14. The average Bonchev–Trinajstić information content (AvgIpc) is 3.09. The first kappa shape index (κ1) is 15.0. The molecule has 1 aliphatic carbocycles. The van der Waals surface area contributed by atoms with Crippen LogP contribution in [0.3, 0.4) is 0 Å². The van der Waals surface area contributed by atoms with Crippen molar-refractivity contribution in [1.82, 2.24) is 5.32 Å². The van der Waals surface area contributed by atoms with Gasteiger partial charge in [-0.3, -0.25) is 0 Å². The minimum atomic E-state index is -3.54. The van der Waals surface area contributed by atoms with E-state index in [1.807, 2.05) is 6.08 Å². The van der Waals surface area contributed by atoms with E-state index in [2.05, 4.69) is 11.4 Å². The van der Waals surface area contributed by atoms with Gasteiger partial charge in [-0.2, -0.15) is 5.26 Å². The van der Waals surface area contributed by atoms with Gasteiger partial charge in [0, 0.05) is 5.92 Å². The third-order valence-corrected chi connectivity index (χ3v) is 6.18. The van der Waals surface area contributed by atoms with Crippen LogP contribution in [-0.2, 0) is 9.84 Å². The zero-order valence-electron chi connectivity index (χ0n) is 12.1. The van der Waals surface area contributed by atoms with Gasteiger partial charge in [-0.1, -0.05) is 24.3 Å². The van der Waals surface area contributed by atoms with Gasteiger partial charge in [0.05, 0.1) is 21.8 Å². The largest absolute Gasteiger partial charge is 0.316 e. The van der Waals surface area contributed by atoms with E-state index in [9.17, 15) is 13.7 Å². The van der Waals surface area contributed by atoms with Crippen LogP contribution < -0.4 is 5.32 Å². The van der Waals surface area contributed by atoms with Crippen molar-refractivity contribution in [2.45, 2.75) is 11.3 Å². The van der Waals surface area contributed by atoms with Crippen molar-refractivity contribution in [1.29, 1.82) is 5.26 Å². The number of hydrogen-bond donors (Lipinski definition) is 1. The highest BCUT2D eigenvalue weighted by molar-refractivity contribution is 7.95. The summed E-state index contributed by atoms with van der Waals surface area (Å²) in [4.78, 5) is 0.496. The van der Waals surface area contributed by atoms with Gasteiger partial charge in [-0.05, 0) is 49.7 Å². The highest BCUT2D eigenvalue weighted by Gasteiger charge is 2.33. The SMILES string of the molecule is N#CC1C=C(S(=O)(=O)c2ccccc2)C=CC1[C@@H]1CCNC1. The maximum atomic E-state index is 12.6. The number of nitrogens with zero attached hydrogens (tertiary/aromatic N) is 1. The molecule has 1 heterocycles. The molecule has 1 aromatic carbocycles. The Hall–Kier alpha value is -1.90. The highest BCUT2D eigenvalue weighted by Crippen LogP contribution is 2.34. The van der Waals surface area contributed by atoms with E-state index in [0.29, 0.717) is 5.92 Å². The van der Waals surface area contributed by atoms with Gasteiger partial charge >= 0.3 is 0 Å². The number of hydrogen-bond acceptors (Lipinski definition) is 4. The molecule has 0 saturated carbocycles. The van der Waals surface area contributed by atoms with E-state index >= 15 is 0 Å². The molecule has 0 bridgehead atoms. The molecule has 0 radical (unpaired) electrons. The molecule has 0 amide bonds. The van der Waals surface area contributed by atoms with Crippen molar-refractivity contribution < 1.29 is 8.42 Å². The number of allylic oxidation sites excluding steroid dienone is 3. The predicted molar refractivity (Wildman–Crippen MR) is 84.4 cm³/mol. The lowest BCUT2D eigenvalue weighted by Gasteiger charge is -2.25. The zero-order valence-corrected chi connectivity index (χ0v) is 13.0. The maximum absolute atomic E-state index is 12.6. The van der Waals surface area contributed by atoms with Crippen molar-refractivity contribution in [2.24, 2.45) is 17.8 Å². The van der Waals surface area contributed by atoms with E-state index < -0.39 is 9.84 Å².